The number of halogens is 3. The standard InChI is InChI=1S/C11H11BrF2O2/c1-11(2,16-3)10(15)8-7(13)5-4-6(12)9(8)14/h4-5H,1-3H3. The number of ether oxygens (including phenoxy) is 1. The van der Waals surface area contributed by atoms with Gasteiger partial charge in [-0.05, 0) is 41.9 Å². The molecule has 16 heavy (non-hydrogen) atoms. The van der Waals surface area contributed by atoms with Gasteiger partial charge in [0.1, 0.15) is 11.4 Å². The van der Waals surface area contributed by atoms with Crippen molar-refractivity contribution in [1.29, 1.82) is 0 Å². The summed E-state index contributed by atoms with van der Waals surface area (Å²) in [7, 11) is 1.31. The fourth-order valence-electron chi connectivity index (χ4n) is 1.13. The van der Waals surface area contributed by atoms with E-state index in [0.717, 1.165) is 6.07 Å². The molecule has 0 saturated heterocycles. The van der Waals surface area contributed by atoms with E-state index in [9.17, 15) is 13.6 Å². The van der Waals surface area contributed by atoms with E-state index >= 15 is 0 Å². The maximum absolute atomic E-state index is 13.6. The van der Waals surface area contributed by atoms with Gasteiger partial charge in [-0.25, -0.2) is 8.78 Å². The van der Waals surface area contributed by atoms with Crippen molar-refractivity contribution >= 4 is 21.7 Å². The Balaban J connectivity index is 3.34. The third-order valence-electron chi connectivity index (χ3n) is 2.33. The average molecular weight is 293 g/mol. The maximum Gasteiger partial charge on any atom is 0.199 e. The summed E-state index contributed by atoms with van der Waals surface area (Å²) in [5.41, 5.74) is -1.84. The predicted octanol–water partition coefficient (Wildman–Crippen LogP) is 3.34. The van der Waals surface area contributed by atoms with Crippen molar-refractivity contribution in [2.24, 2.45) is 0 Å². The van der Waals surface area contributed by atoms with Crippen LogP contribution in [0.25, 0.3) is 0 Å². The van der Waals surface area contributed by atoms with Crippen LogP contribution in [0.15, 0.2) is 16.6 Å². The van der Waals surface area contributed by atoms with E-state index in [0.29, 0.717) is 0 Å². The predicted molar refractivity (Wildman–Crippen MR) is 59.5 cm³/mol. The molecule has 0 fully saturated rings. The van der Waals surface area contributed by atoms with Crippen molar-refractivity contribution in [2.75, 3.05) is 7.11 Å². The van der Waals surface area contributed by atoms with Crippen LogP contribution in [0.5, 0.6) is 0 Å². The molecule has 0 unspecified atom stereocenters. The number of hydrogen-bond acceptors (Lipinski definition) is 2. The lowest BCUT2D eigenvalue weighted by Gasteiger charge is -2.21. The van der Waals surface area contributed by atoms with Crippen molar-refractivity contribution in [3.05, 3.63) is 33.8 Å². The maximum atomic E-state index is 13.6. The number of rotatable bonds is 3. The van der Waals surface area contributed by atoms with Crippen LogP contribution >= 0.6 is 15.9 Å². The largest absolute Gasteiger partial charge is 0.371 e. The van der Waals surface area contributed by atoms with Crippen molar-refractivity contribution in [2.45, 2.75) is 19.4 Å². The normalized spacial score (nSPS) is 11.6. The van der Waals surface area contributed by atoms with Gasteiger partial charge in [0, 0.05) is 7.11 Å². The summed E-state index contributed by atoms with van der Waals surface area (Å²) >= 11 is 2.90. The molecule has 88 valence electrons. The Bertz CT molecular complexity index is 430. The quantitative estimate of drug-likeness (QED) is 0.631. The van der Waals surface area contributed by atoms with E-state index in [1.165, 1.54) is 27.0 Å². The van der Waals surface area contributed by atoms with Gasteiger partial charge in [-0.2, -0.15) is 0 Å². The number of ketones is 1. The van der Waals surface area contributed by atoms with Crippen LogP contribution in [0.1, 0.15) is 24.2 Å². The third-order valence-corrected chi connectivity index (χ3v) is 2.94. The van der Waals surface area contributed by atoms with Crippen LogP contribution in [0, 0.1) is 11.6 Å². The molecule has 0 bridgehead atoms. The Labute approximate surface area is 101 Å². The van der Waals surface area contributed by atoms with Crippen LogP contribution in [0.3, 0.4) is 0 Å². The molecule has 0 amide bonds. The number of carbonyl (C=O) groups is 1. The van der Waals surface area contributed by atoms with E-state index < -0.39 is 28.6 Å². The fraction of sp³-hybridized carbons (Fsp3) is 0.364. The van der Waals surface area contributed by atoms with Crippen LogP contribution in [-0.2, 0) is 4.74 Å². The van der Waals surface area contributed by atoms with Crippen molar-refractivity contribution in [3.8, 4) is 0 Å². The van der Waals surface area contributed by atoms with Gasteiger partial charge in [0.2, 0.25) is 0 Å². The van der Waals surface area contributed by atoms with Gasteiger partial charge in [-0.15, -0.1) is 0 Å². The van der Waals surface area contributed by atoms with Crippen LogP contribution < -0.4 is 0 Å². The summed E-state index contributed by atoms with van der Waals surface area (Å²) in [5, 5.41) is 0. The molecule has 0 N–H and O–H groups in total. The van der Waals surface area contributed by atoms with E-state index in [-0.39, 0.29) is 4.47 Å². The third kappa shape index (κ3) is 2.30. The van der Waals surface area contributed by atoms with Crippen molar-refractivity contribution < 1.29 is 18.3 Å². The first kappa shape index (κ1) is 13.3. The molecule has 0 saturated carbocycles. The molecule has 1 aromatic carbocycles. The summed E-state index contributed by atoms with van der Waals surface area (Å²) in [6.07, 6.45) is 0. The van der Waals surface area contributed by atoms with Gasteiger partial charge in [0.25, 0.3) is 0 Å². The molecular formula is C11H11BrF2O2. The molecule has 1 rings (SSSR count). The first-order chi connectivity index (χ1) is 7.31. The summed E-state index contributed by atoms with van der Waals surface area (Å²) in [5.74, 6) is -2.53. The van der Waals surface area contributed by atoms with Gasteiger partial charge in [0.05, 0.1) is 10.0 Å². The zero-order chi connectivity index (χ0) is 12.5. The molecule has 0 aliphatic heterocycles. The van der Waals surface area contributed by atoms with E-state index in [4.69, 9.17) is 4.74 Å². The monoisotopic (exact) mass is 292 g/mol. The minimum atomic E-state index is -1.26. The number of hydrogen-bond donors (Lipinski definition) is 0. The van der Waals surface area contributed by atoms with E-state index in [1.54, 1.807) is 0 Å². The van der Waals surface area contributed by atoms with Gasteiger partial charge < -0.3 is 4.74 Å². The molecule has 5 heteroatoms. The minimum absolute atomic E-state index is 0.0455. The smallest absolute Gasteiger partial charge is 0.199 e. The highest BCUT2D eigenvalue weighted by Gasteiger charge is 2.33. The SMILES string of the molecule is COC(C)(C)C(=O)c1c(F)ccc(Br)c1F. The second kappa shape index (κ2) is 4.59. The number of Topliss-reactive ketones (excluding diaryl/α,β-unsaturated/α-hetero) is 1. The van der Waals surface area contributed by atoms with E-state index in [1.807, 2.05) is 0 Å². The average Bonchev–Trinajstić information content (AvgIpc) is 2.24. The second-order valence-corrected chi connectivity index (χ2v) is 4.62. The van der Waals surface area contributed by atoms with Gasteiger partial charge >= 0.3 is 0 Å². The number of benzene rings is 1. The molecule has 0 spiro atoms. The van der Waals surface area contributed by atoms with Crippen LogP contribution in [0.2, 0.25) is 0 Å². The van der Waals surface area contributed by atoms with Gasteiger partial charge in [-0.3, -0.25) is 4.79 Å². The number of carbonyl (C=O) groups excluding carboxylic acids is 1. The highest BCUT2D eigenvalue weighted by Crippen LogP contribution is 2.26. The first-order valence-electron chi connectivity index (χ1n) is 4.54. The molecule has 0 aliphatic rings. The Morgan fingerprint density at radius 3 is 2.44 bits per heavy atom. The first-order valence-corrected chi connectivity index (χ1v) is 5.34. The summed E-state index contributed by atoms with van der Waals surface area (Å²) < 4.78 is 32.0. The molecule has 0 aromatic heterocycles. The highest BCUT2D eigenvalue weighted by molar-refractivity contribution is 9.10. The molecule has 2 nitrogen and oxygen atoms in total. The fourth-order valence-corrected chi connectivity index (χ4v) is 1.46. The van der Waals surface area contributed by atoms with Crippen LogP contribution in [0.4, 0.5) is 8.78 Å². The van der Waals surface area contributed by atoms with Gasteiger partial charge in [-0.1, -0.05) is 0 Å². The summed E-state index contributed by atoms with van der Waals surface area (Å²) in [4.78, 5) is 11.9. The molecule has 0 aliphatic carbocycles. The molecule has 0 heterocycles. The van der Waals surface area contributed by atoms with Crippen LogP contribution in [-0.4, -0.2) is 18.5 Å². The number of methoxy groups -OCH3 is 1. The summed E-state index contributed by atoms with van der Waals surface area (Å²) in [6.45, 7) is 2.91. The highest BCUT2D eigenvalue weighted by atomic mass is 79.9. The Morgan fingerprint density at radius 1 is 1.38 bits per heavy atom. The van der Waals surface area contributed by atoms with Crippen molar-refractivity contribution in [1.82, 2.24) is 0 Å². The zero-order valence-electron chi connectivity index (χ0n) is 9.11. The zero-order valence-corrected chi connectivity index (χ0v) is 10.7. The van der Waals surface area contributed by atoms with E-state index in [2.05, 4.69) is 15.9 Å². The Morgan fingerprint density at radius 2 is 1.94 bits per heavy atom. The molecule has 1 aromatic rings. The molecule has 0 atom stereocenters. The summed E-state index contributed by atoms with van der Waals surface area (Å²) in [6, 6.07) is 2.24. The van der Waals surface area contributed by atoms with Crippen molar-refractivity contribution in [3.63, 3.8) is 0 Å². The lowest BCUT2D eigenvalue weighted by Crippen LogP contribution is -2.35. The lowest BCUT2D eigenvalue weighted by atomic mass is 9.96. The topological polar surface area (TPSA) is 26.3 Å². The molecule has 0 radical (unpaired) electrons. The lowest BCUT2D eigenvalue weighted by molar-refractivity contribution is 0.0220. The minimum Gasteiger partial charge on any atom is -0.371 e. The Hall–Kier alpha value is -0.810. The Kier molecular flexibility index (Phi) is 3.80. The second-order valence-electron chi connectivity index (χ2n) is 3.76. The van der Waals surface area contributed by atoms with Gasteiger partial charge in [0.15, 0.2) is 11.6 Å². The molecular weight excluding hydrogens is 282 g/mol.